The Morgan fingerprint density at radius 3 is 1.70 bits per heavy atom. The van der Waals surface area contributed by atoms with Gasteiger partial charge in [-0.2, -0.15) is 0 Å². The maximum atomic E-state index is 10.6. The third kappa shape index (κ3) is 6.50. The summed E-state index contributed by atoms with van der Waals surface area (Å²) >= 11 is 2.21. The van der Waals surface area contributed by atoms with Crippen molar-refractivity contribution < 1.29 is 10.2 Å². The maximum absolute atomic E-state index is 10.6. The Morgan fingerprint density at radius 1 is 0.704 bits per heavy atom. The van der Waals surface area contributed by atoms with E-state index < -0.39 is 0 Å². The minimum atomic E-state index is 0.420. The summed E-state index contributed by atoms with van der Waals surface area (Å²) in [4.78, 5) is 2.35. The molecular weight excluding hydrogens is 487 g/mol. The van der Waals surface area contributed by atoms with Crippen LogP contribution in [0, 0.1) is 3.57 Å². The van der Waals surface area contributed by atoms with Crippen molar-refractivity contribution in [2.24, 2.45) is 0 Å². The Kier molecular flexibility index (Phi) is 9.66. The van der Waals surface area contributed by atoms with Crippen LogP contribution in [-0.4, -0.2) is 10.2 Å². The number of phenols is 2. The van der Waals surface area contributed by atoms with E-state index in [1.807, 2.05) is 6.07 Å². The van der Waals surface area contributed by atoms with Crippen LogP contribution in [0.25, 0.3) is 0 Å². The first-order valence-corrected chi connectivity index (χ1v) is 12.9. The summed E-state index contributed by atoms with van der Waals surface area (Å²) in [6, 6.07) is 8.41. The number of hydrogen-bond donors (Lipinski definition) is 2. The lowest BCUT2D eigenvalue weighted by atomic mass is 10.0. The molecule has 0 bridgehead atoms. The maximum Gasteiger partial charge on any atom is 0.132 e. The molecule has 0 heterocycles. The van der Waals surface area contributed by atoms with Gasteiger partial charge in [0.15, 0.2) is 0 Å². The number of aromatic hydroxyl groups is 2. The van der Waals surface area contributed by atoms with Crippen LogP contribution in [0.3, 0.4) is 0 Å². The van der Waals surface area contributed by atoms with E-state index in [0.717, 1.165) is 70.1 Å². The fraction of sp³-hybridized carbons (Fsp3) is 0.455. The van der Waals surface area contributed by atoms with Crippen molar-refractivity contribution >= 4 is 44.2 Å². The molecule has 0 aliphatic heterocycles. The first-order chi connectivity index (χ1) is 13.0. The number of halogens is 1. The molecule has 0 unspecified atom stereocenters. The monoisotopic (exact) mass is 516 g/mol. The van der Waals surface area contributed by atoms with Gasteiger partial charge in [0.2, 0.25) is 0 Å². The van der Waals surface area contributed by atoms with E-state index in [4.69, 9.17) is 0 Å². The molecule has 0 saturated heterocycles. The average Bonchev–Trinajstić information content (AvgIpc) is 2.65. The SMILES string of the molecule is CCCCc1cc(SSc2cc(I)c(O)c(CCC)c2)cc(CCC)c1O. The molecular formula is C22H29IO2S2. The van der Waals surface area contributed by atoms with Crippen LogP contribution in [-0.2, 0) is 19.3 Å². The van der Waals surface area contributed by atoms with Gasteiger partial charge in [-0.05, 0) is 89.2 Å². The highest BCUT2D eigenvalue weighted by atomic mass is 127. The summed E-state index contributed by atoms with van der Waals surface area (Å²) in [5.41, 5.74) is 3.15. The molecule has 2 aromatic carbocycles. The van der Waals surface area contributed by atoms with Crippen LogP contribution in [0.2, 0.25) is 0 Å². The quantitative estimate of drug-likeness (QED) is 0.250. The molecule has 0 atom stereocenters. The van der Waals surface area contributed by atoms with Crippen LogP contribution in [0.1, 0.15) is 63.1 Å². The van der Waals surface area contributed by atoms with Crippen LogP contribution in [0.4, 0.5) is 0 Å². The zero-order chi connectivity index (χ0) is 19.8. The van der Waals surface area contributed by atoms with Crippen LogP contribution >= 0.6 is 44.2 Å². The third-order valence-corrected chi connectivity index (χ3v) is 7.60. The summed E-state index contributed by atoms with van der Waals surface area (Å²) in [5.74, 6) is 0.910. The minimum absolute atomic E-state index is 0.420. The average molecular weight is 517 g/mol. The molecule has 2 aromatic rings. The second-order valence-corrected chi connectivity index (χ2v) is 10.2. The molecule has 148 valence electrons. The van der Waals surface area contributed by atoms with Gasteiger partial charge in [-0.25, -0.2) is 0 Å². The summed E-state index contributed by atoms with van der Waals surface area (Å²) in [6.07, 6.45) is 6.99. The minimum Gasteiger partial charge on any atom is -0.507 e. The van der Waals surface area contributed by atoms with Gasteiger partial charge in [0.25, 0.3) is 0 Å². The van der Waals surface area contributed by atoms with Crippen molar-refractivity contribution in [3.05, 3.63) is 44.5 Å². The van der Waals surface area contributed by atoms with Crippen molar-refractivity contribution in [3.63, 3.8) is 0 Å². The lowest BCUT2D eigenvalue weighted by Gasteiger charge is -2.13. The lowest BCUT2D eigenvalue weighted by molar-refractivity contribution is 0.458. The Balaban J connectivity index is 2.22. The fourth-order valence-corrected chi connectivity index (χ4v) is 6.00. The zero-order valence-electron chi connectivity index (χ0n) is 16.3. The third-order valence-electron chi connectivity index (χ3n) is 4.43. The number of unbranched alkanes of at least 4 members (excludes halogenated alkanes) is 1. The number of rotatable bonds is 10. The summed E-state index contributed by atoms with van der Waals surface area (Å²) in [7, 11) is 3.45. The molecule has 0 fully saturated rings. The zero-order valence-corrected chi connectivity index (χ0v) is 20.1. The fourth-order valence-electron chi connectivity index (χ4n) is 3.03. The Hall–Kier alpha value is -0.530. The molecule has 0 aliphatic carbocycles. The van der Waals surface area contributed by atoms with Gasteiger partial charge in [-0.3, -0.25) is 0 Å². The van der Waals surface area contributed by atoms with Gasteiger partial charge in [0.05, 0.1) is 3.57 Å². The molecule has 0 saturated carbocycles. The van der Waals surface area contributed by atoms with Crippen LogP contribution in [0.5, 0.6) is 11.5 Å². The number of hydrogen-bond acceptors (Lipinski definition) is 4. The highest BCUT2D eigenvalue weighted by Crippen LogP contribution is 2.42. The summed E-state index contributed by atoms with van der Waals surface area (Å²) in [6.45, 7) is 6.45. The Bertz CT molecular complexity index is 762. The van der Waals surface area contributed by atoms with Crippen molar-refractivity contribution in [2.45, 2.75) is 75.5 Å². The van der Waals surface area contributed by atoms with E-state index >= 15 is 0 Å². The van der Waals surface area contributed by atoms with Crippen molar-refractivity contribution in [2.75, 3.05) is 0 Å². The highest BCUT2D eigenvalue weighted by molar-refractivity contribution is 14.1. The van der Waals surface area contributed by atoms with Gasteiger partial charge >= 0.3 is 0 Å². The van der Waals surface area contributed by atoms with Gasteiger partial charge in [-0.1, -0.05) is 61.6 Å². The molecule has 2 nitrogen and oxygen atoms in total. The van der Waals surface area contributed by atoms with E-state index in [2.05, 4.69) is 61.6 Å². The molecule has 0 amide bonds. The van der Waals surface area contributed by atoms with E-state index in [1.165, 1.54) is 4.90 Å². The first kappa shape index (κ1) is 22.8. The van der Waals surface area contributed by atoms with E-state index in [1.54, 1.807) is 21.6 Å². The molecule has 0 aromatic heterocycles. The van der Waals surface area contributed by atoms with Crippen LogP contribution < -0.4 is 0 Å². The largest absolute Gasteiger partial charge is 0.507 e. The Labute approximate surface area is 185 Å². The van der Waals surface area contributed by atoms with E-state index in [-0.39, 0.29) is 0 Å². The lowest BCUT2D eigenvalue weighted by Crippen LogP contribution is -1.93. The standard InChI is InChI=1S/C22H29IO2S2/c1-4-7-10-17-13-18(11-15(8-5-2)21(17)24)26-27-19-12-16(9-6-3)22(25)20(23)14-19/h11-14,24-25H,4-10H2,1-3H3. The molecule has 0 spiro atoms. The van der Waals surface area contributed by atoms with E-state index in [9.17, 15) is 10.2 Å². The van der Waals surface area contributed by atoms with Gasteiger partial charge in [-0.15, -0.1) is 0 Å². The Morgan fingerprint density at radius 2 is 1.19 bits per heavy atom. The van der Waals surface area contributed by atoms with Gasteiger partial charge in [0.1, 0.15) is 11.5 Å². The number of phenolic OH excluding ortho intramolecular Hbond substituents is 2. The van der Waals surface area contributed by atoms with Crippen molar-refractivity contribution in [1.82, 2.24) is 0 Å². The van der Waals surface area contributed by atoms with Crippen molar-refractivity contribution in [1.29, 1.82) is 0 Å². The molecule has 2 N–H and O–H groups in total. The second-order valence-electron chi connectivity index (χ2n) is 6.77. The normalized spacial score (nSPS) is 11.1. The molecule has 5 heteroatoms. The number of aryl methyl sites for hydroxylation is 3. The molecule has 27 heavy (non-hydrogen) atoms. The highest BCUT2D eigenvalue weighted by Gasteiger charge is 2.12. The number of benzene rings is 2. The predicted molar refractivity (Wildman–Crippen MR) is 127 cm³/mol. The smallest absolute Gasteiger partial charge is 0.132 e. The van der Waals surface area contributed by atoms with Crippen LogP contribution in [0.15, 0.2) is 34.1 Å². The second kappa shape index (κ2) is 11.5. The van der Waals surface area contributed by atoms with Crippen molar-refractivity contribution in [3.8, 4) is 11.5 Å². The molecule has 0 aliphatic rings. The van der Waals surface area contributed by atoms with Gasteiger partial charge in [0, 0.05) is 9.79 Å². The van der Waals surface area contributed by atoms with Gasteiger partial charge < -0.3 is 10.2 Å². The molecule has 2 rings (SSSR count). The topological polar surface area (TPSA) is 40.5 Å². The molecule has 0 radical (unpaired) electrons. The summed E-state index contributed by atoms with van der Waals surface area (Å²) < 4.78 is 0.905. The van der Waals surface area contributed by atoms with E-state index in [0.29, 0.717) is 11.5 Å². The first-order valence-electron chi connectivity index (χ1n) is 9.70. The summed E-state index contributed by atoms with van der Waals surface area (Å²) in [5, 5.41) is 20.8. The predicted octanol–water partition coefficient (Wildman–Crippen LogP) is 7.75.